The van der Waals surface area contributed by atoms with E-state index in [1.54, 1.807) is 7.11 Å². The molecule has 4 atom stereocenters. The van der Waals surface area contributed by atoms with Crippen LogP contribution in [0.3, 0.4) is 0 Å². The molecule has 1 saturated heterocycles. The molecule has 1 aliphatic carbocycles. The Morgan fingerprint density at radius 2 is 2.03 bits per heavy atom. The number of halogens is 2. The number of nitrogen functional groups attached to an aromatic ring is 1. The summed E-state index contributed by atoms with van der Waals surface area (Å²) in [5.74, 6) is 0.644. The van der Waals surface area contributed by atoms with Gasteiger partial charge in [-0.3, -0.25) is 0 Å². The van der Waals surface area contributed by atoms with E-state index >= 15 is 0 Å². The average molecular weight is 494 g/mol. The maximum absolute atomic E-state index is 6.37. The van der Waals surface area contributed by atoms with Gasteiger partial charge in [0.2, 0.25) is 5.28 Å². The summed E-state index contributed by atoms with van der Waals surface area (Å²) in [6, 6.07) is 8.13. The van der Waals surface area contributed by atoms with E-state index in [2.05, 4.69) is 42.6 Å². The first kappa shape index (κ1) is 20.1. The molecule has 1 aromatic carbocycles. The number of fused-ring (bicyclic) bond motifs is 2. The van der Waals surface area contributed by atoms with Crippen molar-refractivity contribution in [3.8, 4) is 5.75 Å². The molecule has 7 nitrogen and oxygen atoms in total. The number of nitrogens with zero attached hydrogens (tertiary/aromatic N) is 3. The second-order valence-corrected chi connectivity index (χ2v) is 9.40. The zero-order valence-electron chi connectivity index (χ0n) is 16.8. The summed E-state index contributed by atoms with van der Waals surface area (Å²) in [5.41, 5.74) is 7.97. The molecule has 5 rings (SSSR count). The van der Waals surface area contributed by atoms with E-state index in [9.17, 15) is 0 Å². The standard InChI is InChI=1S/C21H22BrClN4O3/c1-21(2)29-16-12(10-5-4-6-11(7-10)28-3)8-14(17(16)30-21)27-9-13(22)15-18(24)25-20(23)26-19(15)27/h4-7,9,12,14,16-17H,8H2,1-3H3,(H2,24,25,26)/t12-,14-,16-,17+/m1/s1. The molecule has 158 valence electrons. The minimum absolute atomic E-state index is 0.00728. The molecule has 3 heterocycles. The van der Waals surface area contributed by atoms with E-state index < -0.39 is 5.79 Å². The highest BCUT2D eigenvalue weighted by Crippen LogP contribution is 2.52. The fraction of sp³-hybridized carbons (Fsp3) is 0.429. The Morgan fingerprint density at radius 3 is 2.80 bits per heavy atom. The molecule has 30 heavy (non-hydrogen) atoms. The van der Waals surface area contributed by atoms with Crippen LogP contribution in [0.15, 0.2) is 34.9 Å². The zero-order chi connectivity index (χ0) is 21.2. The van der Waals surface area contributed by atoms with Crippen molar-refractivity contribution < 1.29 is 14.2 Å². The molecule has 3 aromatic rings. The summed E-state index contributed by atoms with van der Waals surface area (Å²) in [6.07, 6.45) is 2.56. The van der Waals surface area contributed by atoms with Gasteiger partial charge in [0.1, 0.15) is 23.3 Å². The molecular formula is C21H22BrClN4O3. The first-order valence-electron chi connectivity index (χ1n) is 9.76. The summed E-state index contributed by atoms with van der Waals surface area (Å²) in [7, 11) is 1.68. The third kappa shape index (κ3) is 3.17. The Morgan fingerprint density at radius 1 is 1.27 bits per heavy atom. The SMILES string of the molecule is COc1cccc([C@H]2C[C@@H](n3cc(Br)c4c(N)nc(Cl)nc43)[C@@H]3OC(C)(C)O[C@@H]32)c1. The van der Waals surface area contributed by atoms with Crippen LogP contribution in [0.25, 0.3) is 11.0 Å². The second kappa shape index (κ2) is 7.09. The van der Waals surface area contributed by atoms with Crippen molar-refractivity contribution in [1.29, 1.82) is 0 Å². The van der Waals surface area contributed by atoms with Gasteiger partial charge in [-0.15, -0.1) is 0 Å². The highest BCUT2D eigenvalue weighted by atomic mass is 79.9. The lowest BCUT2D eigenvalue weighted by Gasteiger charge is -2.24. The fourth-order valence-corrected chi connectivity index (χ4v) is 5.55. The lowest BCUT2D eigenvalue weighted by molar-refractivity contribution is -0.157. The van der Waals surface area contributed by atoms with E-state index in [4.69, 9.17) is 31.5 Å². The van der Waals surface area contributed by atoms with Crippen molar-refractivity contribution >= 4 is 44.4 Å². The quantitative estimate of drug-likeness (QED) is 0.533. The minimum Gasteiger partial charge on any atom is -0.497 e. The second-order valence-electron chi connectivity index (χ2n) is 8.21. The van der Waals surface area contributed by atoms with Crippen molar-refractivity contribution in [1.82, 2.24) is 14.5 Å². The molecular weight excluding hydrogens is 472 g/mol. The predicted octanol–water partition coefficient (Wildman–Crippen LogP) is 4.69. The van der Waals surface area contributed by atoms with Gasteiger partial charge in [0.05, 0.1) is 24.6 Å². The Labute approximate surface area is 187 Å². The molecule has 0 bridgehead atoms. The van der Waals surface area contributed by atoms with E-state index in [1.807, 2.05) is 32.2 Å². The first-order valence-corrected chi connectivity index (χ1v) is 10.9. The molecule has 0 radical (unpaired) electrons. The van der Waals surface area contributed by atoms with Gasteiger partial charge in [0.15, 0.2) is 5.79 Å². The summed E-state index contributed by atoms with van der Waals surface area (Å²) < 4.78 is 21.1. The molecule has 2 N–H and O–H groups in total. The van der Waals surface area contributed by atoms with Crippen LogP contribution in [-0.4, -0.2) is 39.6 Å². The lowest BCUT2D eigenvalue weighted by Crippen LogP contribution is -2.27. The van der Waals surface area contributed by atoms with E-state index in [0.717, 1.165) is 27.6 Å². The van der Waals surface area contributed by atoms with Crippen LogP contribution < -0.4 is 10.5 Å². The van der Waals surface area contributed by atoms with E-state index in [1.165, 1.54) is 0 Å². The van der Waals surface area contributed by atoms with Crippen LogP contribution in [0.5, 0.6) is 5.75 Å². The number of aromatic nitrogens is 3. The van der Waals surface area contributed by atoms with Gasteiger partial charge in [-0.1, -0.05) is 12.1 Å². The normalized spacial score (nSPS) is 27.5. The number of nitrogens with two attached hydrogens (primary N) is 1. The summed E-state index contributed by atoms with van der Waals surface area (Å²) in [6.45, 7) is 3.90. The number of anilines is 1. The van der Waals surface area contributed by atoms with Crippen LogP contribution in [0.2, 0.25) is 5.28 Å². The molecule has 2 aliphatic rings. The molecule has 9 heteroatoms. The number of methoxy groups -OCH3 is 1. The van der Waals surface area contributed by atoms with E-state index in [-0.39, 0.29) is 29.5 Å². The number of benzene rings is 1. The van der Waals surface area contributed by atoms with Crippen LogP contribution in [-0.2, 0) is 9.47 Å². The van der Waals surface area contributed by atoms with Crippen molar-refractivity contribution in [3.63, 3.8) is 0 Å². The highest BCUT2D eigenvalue weighted by molar-refractivity contribution is 9.10. The number of hydrogen-bond donors (Lipinski definition) is 1. The van der Waals surface area contributed by atoms with Gasteiger partial charge >= 0.3 is 0 Å². The number of ether oxygens (including phenoxy) is 3. The van der Waals surface area contributed by atoms with Crippen molar-refractivity contribution in [2.45, 2.75) is 50.2 Å². The molecule has 2 fully saturated rings. The predicted molar refractivity (Wildman–Crippen MR) is 118 cm³/mol. The van der Waals surface area contributed by atoms with Crippen LogP contribution >= 0.6 is 27.5 Å². The van der Waals surface area contributed by atoms with E-state index in [0.29, 0.717) is 11.5 Å². The topological polar surface area (TPSA) is 84.4 Å². The van der Waals surface area contributed by atoms with Crippen molar-refractivity contribution in [2.75, 3.05) is 12.8 Å². The third-order valence-electron chi connectivity index (χ3n) is 5.94. The lowest BCUT2D eigenvalue weighted by atomic mass is 9.95. The Bertz CT molecular complexity index is 1130. The largest absolute Gasteiger partial charge is 0.497 e. The minimum atomic E-state index is -0.670. The van der Waals surface area contributed by atoms with Gasteiger partial charge in [-0.25, -0.2) is 4.98 Å². The smallest absolute Gasteiger partial charge is 0.226 e. The van der Waals surface area contributed by atoms with Gasteiger partial charge in [-0.05, 0) is 65.5 Å². The maximum atomic E-state index is 6.37. The summed E-state index contributed by atoms with van der Waals surface area (Å²) >= 11 is 9.73. The van der Waals surface area contributed by atoms with Crippen molar-refractivity contribution in [2.24, 2.45) is 0 Å². The van der Waals surface area contributed by atoms with Gasteiger partial charge < -0.3 is 24.5 Å². The molecule has 2 aromatic heterocycles. The summed E-state index contributed by atoms with van der Waals surface area (Å²) in [5, 5.41) is 0.869. The Hall–Kier alpha value is -1.87. The molecule has 0 unspecified atom stereocenters. The molecule has 0 spiro atoms. The fourth-order valence-electron chi connectivity index (χ4n) is 4.78. The molecule has 1 aliphatic heterocycles. The zero-order valence-corrected chi connectivity index (χ0v) is 19.1. The van der Waals surface area contributed by atoms with Gasteiger partial charge in [-0.2, -0.15) is 4.98 Å². The number of hydrogen-bond acceptors (Lipinski definition) is 6. The third-order valence-corrected chi connectivity index (χ3v) is 6.71. The van der Waals surface area contributed by atoms with Gasteiger partial charge in [0, 0.05) is 16.6 Å². The Kier molecular flexibility index (Phi) is 4.74. The number of rotatable bonds is 3. The summed E-state index contributed by atoms with van der Waals surface area (Å²) in [4.78, 5) is 8.56. The highest BCUT2D eigenvalue weighted by Gasteiger charge is 2.55. The van der Waals surface area contributed by atoms with Crippen LogP contribution in [0.1, 0.15) is 37.8 Å². The molecule has 0 amide bonds. The maximum Gasteiger partial charge on any atom is 0.226 e. The van der Waals surface area contributed by atoms with Crippen LogP contribution in [0, 0.1) is 0 Å². The average Bonchev–Trinajstić information content (AvgIpc) is 3.29. The van der Waals surface area contributed by atoms with Gasteiger partial charge in [0.25, 0.3) is 0 Å². The van der Waals surface area contributed by atoms with Crippen molar-refractivity contribution in [3.05, 3.63) is 45.8 Å². The Balaban J connectivity index is 1.62. The first-order chi connectivity index (χ1) is 14.3. The monoisotopic (exact) mass is 492 g/mol. The molecule has 1 saturated carbocycles. The van der Waals surface area contributed by atoms with Crippen LogP contribution in [0.4, 0.5) is 5.82 Å².